The van der Waals surface area contributed by atoms with Crippen molar-refractivity contribution in [3.63, 3.8) is 0 Å². The molecule has 0 aromatic heterocycles. The molecule has 0 radical (unpaired) electrons. The Kier molecular flexibility index (Phi) is 8.86. The van der Waals surface area contributed by atoms with Crippen LogP contribution in [0.1, 0.15) is 66.1 Å². The molecule has 2 amide bonds. The van der Waals surface area contributed by atoms with Crippen molar-refractivity contribution in [2.75, 3.05) is 25.5 Å². The minimum Gasteiger partial charge on any atom is -0.469 e. The lowest BCUT2D eigenvalue weighted by atomic mass is 9.78. The van der Waals surface area contributed by atoms with Gasteiger partial charge in [0.15, 0.2) is 11.6 Å². The van der Waals surface area contributed by atoms with Crippen LogP contribution in [-0.2, 0) is 19.1 Å². The van der Waals surface area contributed by atoms with E-state index in [0.29, 0.717) is 12.8 Å². The normalized spacial score (nSPS) is 16.9. The molecule has 2 unspecified atom stereocenters. The summed E-state index contributed by atoms with van der Waals surface area (Å²) in [7, 11) is 1.17. The number of amides is 2. The lowest BCUT2D eigenvalue weighted by molar-refractivity contribution is -0.153. The van der Waals surface area contributed by atoms with E-state index < -0.39 is 58.6 Å². The molecule has 2 N–H and O–H groups in total. The molecule has 1 saturated heterocycles. The molecule has 8 nitrogen and oxygen atoms in total. The third kappa shape index (κ3) is 7.37. The summed E-state index contributed by atoms with van der Waals surface area (Å²) >= 11 is 0. The van der Waals surface area contributed by atoms with Gasteiger partial charge in [0.25, 0.3) is 0 Å². The average Bonchev–Trinajstić information content (AvgIpc) is 2.74. The van der Waals surface area contributed by atoms with Crippen LogP contribution in [-0.4, -0.2) is 53.8 Å². The van der Waals surface area contributed by atoms with Gasteiger partial charge in [-0.05, 0) is 45.6 Å². The number of esters is 1. The van der Waals surface area contributed by atoms with Gasteiger partial charge < -0.3 is 24.8 Å². The van der Waals surface area contributed by atoms with Crippen LogP contribution in [0.4, 0.5) is 19.3 Å². The monoisotopic (exact) mass is 498 g/mol. The zero-order chi connectivity index (χ0) is 26.7. The van der Waals surface area contributed by atoms with Gasteiger partial charge in [-0.1, -0.05) is 20.8 Å². The highest BCUT2D eigenvalue weighted by molar-refractivity contribution is 5.95. The topological polar surface area (TPSA) is 105 Å². The number of carbonyl (C=O) groups excluding carboxylic acids is 3. The molecule has 0 aliphatic carbocycles. The van der Waals surface area contributed by atoms with Gasteiger partial charge in [-0.15, -0.1) is 0 Å². The van der Waals surface area contributed by atoms with Gasteiger partial charge in [-0.2, -0.15) is 0 Å². The molecule has 1 aromatic carbocycles. The number of ether oxygens (including phenoxy) is 2. The maximum Gasteiger partial charge on any atom is 0.410 e. The molecule has 0 spiro atoms. The van der Waals surface area contributed by atoms with Crippen molar-refractivity contribution in [3.05, 3.63) is 29.3 Å². The van der Waals surface area contributed by atoms with Gasteiger partial charge in [0.1, 0.15) is 5.60 Å². The van der Waals surface area contributed by atoms with Crippen molar-refractivity contribution < 1.29 is 37.7 Å². The molecule has 0 bridgehead atoms. The highest BCUT2D eigenvalue weighted by atomic mass is 19.2. The van der Waals surface area contributed by atoms with E-state index in [0.717, 1.165) is 12.1 Å². The number of likely N-dealkylation sites (tertiary alicyclic amines) is 1. The van der Waals surface area contributed by atoms with Gasteiger partial charge in [0, 0.05) is 35.8 Å². The van der Waals surface area contributed by atoms with Crippen LogP contribution in [0, 0.1) is 28.9 Å². The molecule has 1 heterocycles. The number of aliphatic hydroxyl groups excluding tert-OH is 1. The summed E-state index contributed by atoms with van der Waals surface area (Å²) in [6, 6.07) is 1.57. The molecule has 1 fully saturated rings. The summed E-state index contributed by atoms with van der Waals surface area (Å²) in [6.07, 6.45) is -1.36. The molecule has 1 aliphatic heterocycles. The lowest BCUT2D eigenvalue weighted by Gasteiger charge is -2.37. The summed E-state index contributed by atoms with van der Waals surface area (Å²) in [6.45, 7) is 10.8. The maximum atomic E-state index is 14.2. The van der Waals surface area contributed by atoms with Crippen LogP contribution in [0.2, 0.25) is 0 Å². The summed E-state index contributed by atoms with van der Waals surface area (Å²) in [5.74, 6) is -5.18. The van der Waals surface area contributed by atoms with Crippen LogP contribution >= 0.6 is 0 Å². The first-order valence-corrected chi connectivity index (χ1v) is 11.6. The predicted octanol–water partition coefficient (Wildman–Crippen LogP) is 4.42. The van der Waals surface area contributed by atoms with E-state index >= 15 is 0 Å². The molecule has 2 atom stereocenters. The SMILES string of the molecule is COC(=O)C(C1CCN(C(=O)OC(C)(C)C)CC1)C(O)c1cc(F)c(F)cc1NC(=O)C(C)(C)C. The molecule has 2 rings (SSSR count). The van der Waals surface area contributed by atoms with Gasteiger partial charge in [-0.3, -0.25) is 9.59 Å². The number of carbonyl (C=O) groups is 3. The number of methoxy groups -OCH3 is 1. The number of aliphatic hydroxyl groups is 1. The average molecular weight is 499 g/mol. The number of hydrogen-bond donors (Lipinski definition) is 2. The van der Waals surface area contributed by atoms with Crippen LogP contribution in [0.25, 0.3) is 0 Å². The standard InChI is InChI=1S/C25H36F2N2O6/c1-24(2,3)22(32)28-18-13-17(27)16(26)12-15(18)20(30)19(21(31)34-7)14-8-10-29(11-9-14)23(33)35-25(4,5)6/h12-14,19-20,30H,8-11H2,1-7H3,(H,28,32). The third-order valence-electron chi connectivity index (χ3n) is 5.85. The number of halogens is 2. The molecule has 196 valence electrons. The number of nitrogens with zero attached hydrogens (tertiary/aromatic N) is 1. The Morgan fingerprint density at radius 1 is 1.06 bits per heavy atom. The van der Waals surface area contributed by atoms with Crippen molar-refractivity contribution in [2.24, 2.45) is 17.3 Å². The summed E-state index contributed by atoms with van der Waals surface area (Å²) < 4.78 is 38.5. The molecule has 1 aromatic rings. The van der Waals surface area contributed by atoms with Crippen LogP contribution in [0.3, 0.4) is 0 Å². The fraction of sp³-hybridized carbons (Fsp3) is 0.640. The lowest BCUT2D eigenvalue weighted by Crippen LogP contribution is -2.44. The zero-order valence-electron chi connectivity index (χ0n) is 21.4. The fourth-order valence-corrected chi connectivity index (χ4v) is 3.90. The van der Waals surface area contributed by atoms with E-state index in [1.165, 1.54) is 12.0 Å². The Labute approximate surface area is 205 Å². The quantitative estimate of drug-likeness (QED) is 0.583. The molecule has 1 aliphatic rings. The van der Waals surface area contributed by atoms with E-state index in [1.807, 2.05) is 0 Å². The Morgan fingerprint density at radius 3 is 2.09 bits per heavy atom. The number of rotatable bonds is 5. The smallest absolute Gasteiger partial charge is 0.410 e. The Balaban J connectivity index is 2.32. The van der Waals surface area contributed by atoms with Gasteiger partial charge in [-0.25, -0.2) is 13.6 Å². The minimum atomic E-state index is -1.59. The summed E-state index contributed by atoms with van der Waals surface area (Å²) in [5.41, 5.74) is -1.76. The third-order valence-corrected chi connectivity index (χ3v) is 5.85. The van der Waals surface area contributed by atoms with Gasteiger partial charge in [0.05, 0.1) is 19.1 Å². The molecular weight excluding hydrogens is 462 g/mol. The molecule has 0 saturated carbocycles. The Morgan fingerprint density at radius 2 is 1.60 bits per heavy atom. The zero-order valence-corrected chi connectivity index (χ0v) is 21.4. The van der Waals surface area contributed by atoms with E-state index in [2.05, 4.69) is 5.32 Å². The first-order valence-electron chi connectivity index (χ1n) is 11.6. The first kappa shape index (κ1) is 28.5. The second-order valence-electron chi connectivity index (χ2n) is 10.9. The van der Waals surface area contributed by atoms with E-state index in [9.17, 15) is 28.3 Å². The Bertz CT molecular complexity index is 947. The fourth-order valence-electron chi connectivity index (χ4n) is 3.90. The van der Waals surface area contributed by atoms with E-state index in [-0.39, 0.29) is 24.3 Å². The van der Waals surface area contributed by atoms with E-state index in [1.54, 1.807) is 41.5 Å². The van der Waals surface area contributed by atoms with Crippen LogP contribution in [0.5, 0.6) is 0 Å². The summed E-state index contributed by atoms with van der Waals surface area (Å²) in [4.78, 5) is 39.1. The largest absolute Gasteiger partial charge is 0.469 e. The van der Waals surface area contributed by atoms with Crippen molar-refractivity contribution in [3.8, 4) is 0 Å². The molecule has 10 heteroatoms. The van der Waals surface area contributed by atoms with Crippen LogP contribution < -0.4 is 5.32 Å². The maximum absolute atomic E-state index is 14.2. The van der Waals surface area contributed by atoms with Crippen molar-refractivity contribution in [1.29, 1.82) is 0 Å². The molecular formula is C25H36F2N2O6. The summed E-state index contributed by atoms with van der Waals surface area (Å²) in [5, 5.41) is 13.8. The van der Waals surface area contributed by atoms with Gasteiger partial charge in [0.2, 0.25) is 5.91 Å². The van der Waals surface area contributed by atoms with Gasteiger partial charge >= 0.3 is 12.1 Å². The number of anilines is 1. The second-order valence-corrected chi connectivity index (χ2v) is 10.9. The van der Waals surface area contributed by atoms with Crippen molar-refractivity contribution >= 4 is 23.7 Å². The first-order chi connectivity index (χ1) is 16.0. The number of hydrogen-bond acceptors (Lipinski definition) is 6. The Hall–Kier alpha value is -2.75. The van der Waals surface area contributed by atoms with Crippen molar-refractivity contribution in [2.45, 2.75) is 66.1 Å². The second kappa shape index (κ2) is 10.9. The van der Waals surface area contributed by atoms with Crippen molar-refractivity contribution in [1.82, 2.24) is 4.90 Å². The minimum absolute atomic E-state index is 0.128. The number of piperidine rings is 1. The predicted molar refractivity (Wildman–Crippen MR) is 125 cm³/mol. The number of nitrogens with one attached hydrogen (secondary N) is 1. The van der Waals surface area contributed by atoms with E-state index in [4.69, 9.17) is 9.47 Å². The van der Waals surface area contributed by atoms with Crippen LogP contribution in [0.15, 0.2) is 12.1 Å². The highest BCUT2D eigenvalue weighted by Crippen LogP contribution is 2.39. The highest BCUT2D eigenvalue weighted by Gasteiger charge is 2.40. The number of benzene rings is 1. The molecule has 35 heavy (non-hydrogen) atoms.